The highest BCUT2D eigenvalue weighted by Crippen LogP contribution is 2.19. The molecule has 0 aromatic carbocycles. The van der Waals surface area contributed by atoms with Crippen molar-refractivity contribution >= 4 is 16.9 Å². The Morgan fingerprint density at radius 3 is 2.71 bits per heavy atom. The molecule has 0 amide bonds. The summed E-state index contributed by atoms with van der Waals surface area (Å²) >= 11 is 0. The summed E-state index contributed by atoms with van der Waals surface area (Å²) in [6.07, 6.45) is 5.09. The minimum Gasteiger partial charge on any atom is -0.383 e. The highest BCUT2D eigenvalue weighted by molar-refractivity contribution is 5.86. The molecule has 2 N–H and O–H groups in total. The zero-order valence-electron chi connectivity index (χ0n) is 9.20. The second kappa shape index (κ2) is 3.51. The Morgan fingerprint density at radius 2 is 1.94 bits per heavy atom. The first-order valence-corrected chi connectivity index (χ1v) is 5.14. The van der Waals surface area contributed by atoms with Crippen molar-refractivity contribution in [2.45, 2.75) is 6.92 Å². The molecule has 0 spiro atoms. The van der Waals surface area contributed by atoms with Crippen LogP contribution in [0.15, 0.2) is 30.7 Å². The quantitative estimate of drug-likeness (QED) is 0.671. The number of anilines is 1. The van der Waals surface area contributed by atoms with Gasteiger partial charge in [0.15, 0.2) is 5.65 Å². The van der Waals surface area contributed by atoms with E-state index < -0.39 is 0 Å². The number of pyridine rings is 1. The number of aryl methyl sites for hydroxylation is 1. The van der Waals surface area contributed by atoms with Gasteiger partial charge in [0.1, 0.15) is 11.6 Å². The van der Waals surface area contributed by atoms with Gasteiger partial charge < -0.3 is 5.73 Å². The molecule has 17 heavy (non-hydrogen) atoms. The molecule has 3 aromatic rings. The van der Waals surface area contributed by atoms with E-state index in [0.29, 0.717) is 17.3 Å². The second-order valence-electron chi connectivity index (χ2n) is 3.66. The molecule has 0 saturated heterocycles. The van der Waals surface area contributed by atoms with Crippen LogP contribution in [0.25, 0.3) is 16.7 Å². The maximum Gasteiger partial charge on any atom is 0.168 e. The fraction of sp³-hybridized carbons (Fsp3) is 0.0909. The third kappa shape index (κ3) is 1.50. The predicted molar refractivity (Wildman–Crippen MR) is 63.6 cm³/mol. The van der Waals surface area contributed by atoms with Gasteiger partial charge in [0, 0.05) is 12.4 Å². The molecule has 3 rings (SSSR count). The number of aromatic nitrogens is 5. The molecule has 0 bridgehead atoms. The molecule has 0 saturated carbocycles. The van der Waals surface area contributed by atoms with Crippen LogP contribution in [0.5, 0.6) is 0 Å². The van der Waals surface area contributed by atoms with Gasteiger partial charge in [0.2, 0.25) is 0 Å². The van der Waals surface area contributed by atoms with Gasteiger partial charge in [-0.15, -0.1) is 0 Å². The van der Waals surface area contributed by atoms with Crippen molar-refractivity contribution in [3.8, 4) is 5.69 Å². The third-order valence-corrected chi connectivity index (χ3v) is 2.48. The van der Waals surface area contributed by atoms with Gasteiger partial charge in [-0.2, -0.15) is 5.10 Å². The minimum atomic E-state index is 0.452. The molecular weight excluding hydrogens is 216 g/mol. The van der Waals surface area contributed by atoms with Crippen LogP contribution in [0.1, 0.15) is 5.82 Å². The van der Waals surface area contributed by atoms with Crippen LogP contribution in [0, 0.1) is 6.92 Å². The second-order valence-corrected chi connectivity index (χ2v) is 3.66. The number of hydrogen-bond donors (Lipinski definition) is 1. The van der Waals surface area contributed by atoms with Gasteiger partial charge >= 0.3 is 0 Å². The summed E-state index contributed by atoms with van der Waals surface area (Å²) < 4.78 is 1.72. The van der Waals surface area contributed by atoms with E-state index in [9.17, 15) is 0 Å². The molecule has 6 nitrogen and oxygen atoms in total. The Balaban J connectivity index is 2.32. The van der Waals surface area contributed by atoms with Gasteiger partial charge in [0.25, 0.3) is 0 Å². The molecule has 0 aliphatic heterocycles. The van der Waals surface area contributed by atoms with Crippen molar-refractivity contribution in [1.29, 1.82) is 0 Å². The molecule has 3 heterocycles. The van der Waals surface area contributed by atoms with Crippen LogP contribution >= 0.6 is 0 Å². The number of rotatable bonds is 1. The maximum atomic E-state index is 5.83. The number of nitrogen functional groups attached to an aromatic ring is 1. The molecular formula is C11H10N6. The largest absolute Gasteiger partial charge is 0.383 e. The van der Waals surface area contributed by atoms with Crippen LogP contribution < -0.4 is 5.73 Å². The lowest BCUT2D eigenvalue weighted by molar-refractivity contribution is 0.887. The summed E-state index contributed by atoms with van der Waals surface area (Å²) in [7, 11) is 0. The fourth-order valence-corrected chi connectivity index (χ4v) is 1.72. The SMILES string of the molecule is Cc1nc(N)c2cnn(-c3ccncc3)c2n1. The zero-order valence-corrected chi connectivity index (χ0v) is 9.20. The Hall–Kier alpha value is -2.50. The first-order valence-electron chi connectivity index (χ1n) is 5.14. The lowest BCUT2D eigenvalue weighted by atomic mass is 10.3. The highest BCUT2D eigenvalue weighted by atomic mass is 15.3. The lowest BCUT2D eigenvalue weighted by Gasteiger charge is -2.03. The normalized spacial score (nSPS) is 10.9. The van der Waals surface area contributed by atoms with E-state index in [1.54, 1.807) is 30.2 Å². The Morgan fingerprint density at radius 1 is 1.18 bits per heavy atom. The summed E-state index contributed by atoms with van der Waals surface area (Å²) in [5.41, 5.74) is 7.44. The molecule has 3 aromatic heterocycles. The number of hydrogen-bond acceptors (Lipinski definition) is 5. The van der Waals surface area contributed by atoms with E-state index >= 15 is 0 Å². The maximum absolute atomic E-state index is 5.83. The van der Waals surface area contributed by atoms with Gasteiger partial charge in [-0.05, 0) is 19.1 Å². The van der Waals surface area contributed by atoms with E-state index in [1.807, 2.05) is 12.1 Å². The van der Waals surface area contributed by atoms with Gasteiger partial charge in [0.05, 0.1) is 17.3 Å². The molecule has 0 radical (unpaired) electrons. The summed E-state index contributed by atoms with van der Waals surface area (Å²) in [6, 6.07) is 3.72. The molecule has 0 aliphatic rings. The molecule has 0 atom stereocenters. The topological polar surface area (TPSA) is 82.5 Å². The van der Waals surface area contributed by atoms with Crippen LogP contribution in [0.2, 0.25) is 0 Å². The van der Waals surface area contributed by atoms with E-state index in [-0.39, 0.29) is 0 Å². The standard InChI is InChI=1S/C11H10N6/c1-7-15-10(12)9-6-14-17(11(9)16-7)8-2-4-13-5-3-8/h2-6H,1H3,(H2,12,15,16). The fourth-order valence-electron chi connectivity index (χ4n) is 1.72. The Kier molecular flexibility index (Phi) is 2.01. The Bertz CT molecular complexity index is 673. The predicted octanol–water partition coefficient (Wildman–Crippen LogP) is 1.10. The van der Waals surface area contributed by atoms with Gasteiger partial charge in [-0.3, -0.25) is 4.98 Å². The van der Waals surface area contributed by atoms with Crippen LogP contribution in [0.3, 0.4) is 0 Å². The van der Waals surface area contributed by atoms with Crippen LogP contribution in [-0.4, -0.2) is 24.7 Å². The van der Waals surface area contributed by atoms with Crippen LogP contribution in [0.4, 0.5) is 5.82 Å². The number of nitrogens with two attached hydrogens (primary N) is 1. The molecule has 6 heteroatoms. The molecule has 0 fully saturated rings. The smallest absolute Gasteiger partial charge is 0.168 e. The van der Waals surface area contributed by atoms with E-state index in [0.717, 1.165) is 11.1 Å². The highest BCUT2D eigenvalue weighted by Gasteiger charge is 2.10. The average Bonchev–Trinajstić information content (AvgIpc) is 2.74. The first kappa shape index (κ1) is 9.71. The summed E-state index contributed by atoms with van der Waals surface area (Å²) in [6.45, 7) is 1.81. The molecule has 0 unspecified atom stereocenters. The molecule has 84 valence electrons. The van der Waals surface area contributed by atoms with Gasteiger partial charge in [-0.1, -0.05) is 0 Å². The van der Waals surface area contributed by atoms with Crippen LogP contribution in [-0.2, 0) is 0 Å². The van der Waals surface area contributed by atoms with Gasteiger partial charge in [-0.25, -0.2) is 14.6 Å². The van der Waals surface area contributed by atoms with Crippen molar-refractivity contribution in [3.63, 3.8) is 0 Å². The van der Waals surface area contributed by atoms with Crippen molar-refractivity contribution < 1.29 is 0 Å². The monoisotopic (exact) mass is 226 g/mol. The number of fused-ring (bicyclic) bond motifs is 1. The number of nitrogens with zero attached hydrogens (tertiary/aromatic N) is 5. The van der Waals surface area contributed by atoms with E-state index in [2.05, 4.69) is 20.1 Å². The van der Waals surface area contributed by atoms with Crippen molar-refractivity contribution in [1.82, 2.24) is 24.7 Å². The molecule has 0 aliphatic carbocycles. The average molecular weight is 226 g/mol. The Labute approximate surface area is 97.1 Å². The first-order chi connectivity index (χ1) is 8.25. The van der Waals surface area contributed by atoms with Crippen molar-refractivity contribution in [2.75, 3.05) is 5.73 Å². The van der Waals surface area contributed by atoms with Crippen molar-refractivity contribution in [3.05, 3.63) is 36.5 Å². The zero-order chi connectivity index (χ0) is 11.8. The minimum absolute atomic E-state index is 0.452. The summed E-state index contributed by atoms with van der Waals surface area (Å²) in [4.78, 5) is 12.4. The third-order valence-electron chi connectivity index (χ3n) is 2.48. The summed E-state index contributed by atoms with van der Waals surface area (Å²) in [5, 5.41) is 5.03. The van der Waals surface area contributed by atoms with Crippen molar-refractivity contribution in [2.24, 2.45) is 0 Å². The van der Waals surface area contributed by atoms with E-state index in [1.165, 1.54) is 0 Å². The lowest BCUT2D eigenvalue weighted by Crippen LogP contribution is -2.01. The van der Waals surface area contributed by atoms with E-state index in [4.69, 9.17) is 5.73 Å². The summed E-state index contributed by atoms with van der Waals surface area (Å²) in [5.74, 6) is 1.08.